The highest BCUT2D eigenvalue weighted by atomic mass is 15.3. The average molecular weight is 227 g/mol. The Balaban J connectivity index is 2.48. The van der Waals surface area contributed by atoms with Gasteiger partial charge in [0.25, 0.3) is 0 Å². The zero-order valence-electron chi connectivity index (χ0n) is 11.7. The maximum absolute atomic E-state index is 3.48. The molecule has 16 heavy (non-hydrogen) atoms. The highest BCUT2D eigenvalue weighted by Gasteiger charge is 2.33. The summed E-state index contributed by atoms with van der Waals surface area (Å²) in [6.07, 6.45) is 1.25. The van der Waals surface area contributed by atoms with Gasteiger partial charge in [-0.15, -0.1) is 0 Å². The van der Waals surface area contributed by atoms with Crippen molar-refractivity contribution in [2.75, 3.05) is 40.3 Å². The third-order valence-corrected chi connectivity index (χ3v) is 3.88. The van der Waals surface area contributed by atoms with E-state index in [-0.39, 0.29) is 0 Å². The number of likely N-dealkylation sites (tertiary alicyclic amines) is 1. The maximum atomic E-state index is 3.48. The smallest absolute Gasteiger partial charge is 0.0254 e. The lowest BCUT2D eigenvalue weighted by molar-refractivity contribution is 0.206. The molecule has 0 radical (unpaired) electrons. The van der Waals surface area contributed by atoms with Crippen molar-refractivity contribution in [1.82, 2.24) is 15.1 Å². The Bertz CT molecular complexity index is 194. The molecule has 0 aromatic heterocycles. The molecule has 0 bridgehead atoms. The van der Waals surface area contributed by atoms with Crippen molar-refractivity contribution < 1.29 is 0 Å². The summed E-state index contributed by atoms with van der Waals surface area (Å²) in [5.74, 6) is 0.797. The monoisotopic (exact) mass is 227 g/mol. The van der Waals surface area contributed by atoms with Crippen molar-refractivity contribution in [3.05, 3.63) is 0 Å². The Labute approximate surface area is 101 Å². The van der Waals surface area contributed by atoms with Crippen LogP contribution in [0, 0.1) is 5.92 Å². The predicted molar refractivity (Wildman–Crippen MR) is 70.8 cm³/mol. The van der Waals surface area contributed by atoms with Gasteiger partial charge < -0.3 is 10.2 Å². The number of likely N-dealkylation sites (N-methyl/N-ethyl adjacent to an activating group) is 2. The third kappa shape index (κ3) is 3.44. The van der Waals surface area contributed by atoms with Crippen LogP contribution in [0.3, 0.4) is 0 Å². The lowest BCUT2D eigenvalue weighted by Crippen LogP contribution is -2.42. The molecular formula is C13H29N3. The molecule has 1 N–H and O–H groups in total. The zero-order chi connectivity index (χ0) is 12.1. The quantitative estimate of drug-likeness (QED) is 0.737. The fraction of sp³-hybridized carbons (Fsp3) is 1.00. The minimum Gasteiger partial charge on any atom is -0.315 e. The van der Waals surface area contributed by atoms with Gasteiger partial charge in [0.15, 0.2) is 0 Å². The molecule has 1 rings (SSSR count). The summed E-state index contributed by atoms with van der Waals surface area (Å²) in [5.41, 5.74) is 0. The summed E-state index contributed by atoms with van der Waals surface area (Å²) in [6.45, 7) is 11.6. The van der Waals surface area contributed by atoms with Crippen LogP contribution >= 0.6 is 0 Å². The van der Waals surface area contributed by atoms with Crippen molar-refractivity contribution >= 4 is 0 Å². The topological polar surface area (TPSA) is 18.5 Å². The van der Waals surface area contributed by atoms with Crippen LogP contribution in [-0.2, 0) is 0 Å². The van der Waals surface area contributed by atoms with Gasteiger partial charge in [0.2, 0.25) is 0 Å². The molecule has 3 heteroatoms. The molecule has 0 saturated carbocycles. The molecule has 1 fully saturated rings. The van der Waals surface area contributed by atoms with E-state index < -0.39 is 0 Å². The van der Waals surface area contributed by atoms with Crippen LogP contribution in [0.4, 0.5) is 0 Å². The first-order valence-electron chi connectivity index (χ1n) is 6.71. The van der Waals surface area contributed by atoms with E-state index in [4.69, 9.17) is 0 Å². The Kier molecular flexibility index (Phi) is 5.73. The SMILES string of the molecule is CCNCC(CC)N1CC(C)C(N(C)C)C1. The number of nitrogens with one attached hydrogen (secondary N) is 1. The van der Waals surface area contributed by atoms with Crippen LogP contribution in [0.2, 0.25) is 0 Å². The minimum absolute atomic E-state index is 0.715. The zero-order valence-corrected chi connectivity index (χ0v) is 11.7. The van der Waals surface area contributed by atoms with Gasteiger partial charge in [-0.25, -0.2) is 0 Å². The molecule has 3 unspecified atom stereocenters. The maximum Gasteiger partial charge on any atom is 0.0254 e. The highest BCUT2D eigenvalue weighted by Crippen LogP contribution is 2.22. The Morgan fingerprint density at radius 2 is 2.00 bits per heavy atom. The number of nitrogens with zero attached hydrogens (tertiary/aromatic N) is 2. The second kappa shape index (κ2) is 6.58. The predicted octanol–water partition coefficient (Wildman–Crippen LogP) is 1.26. The Morgan fingerprint density at radius 3 is 2.44 bits per heavy atom. The summed E-state index contributed by atoms with van der Waals surface area (Å²) in [4.78, 5) is 5.04. The van der Waals surface area contributed by atoms with E-state index in [0.717, 1.165) is 25.0 Å². The molecule has 0 aromatic carbocycles. The van der Waals surface area contributed by atoms with Crippen molar-refractivity contribution in [3.8, 4) is 0 Å². The molecule has 0 aliphatic carbocycles. The molecule has 96 valence electrons. The largest absolute Gasteiger partial charge is 0.315 e. The van der Waals surface area contributed by atoms with Gasteiger partial charge in [-0.3, -0.25) is 4.90 Å². The summed E-state index contributed by atoms with van der Waals surface area (Å²) < 4.78 is 0. The Morgan fingerprint density at radius 1 is 1.31 bits per heavy atom. The van der Waals surface area contributed by atoms with Crippen molar-refractivity contribution in [1.29, 1.82) is 0 Å². The molecule has 1 aliphatic heterocycles. The number of hydrogen-bond acceptors (Lipinski definition) is 3. The summed E-state index contributed by atoms with van der Waals surface area (Å²) in [5, 5.41) is 3.48. The first kappa shape index (κ1) is 13.9. The second-order valence-electron chi connectivity index (χ2n) is 5.33. The van der Waals surface area contributed by atoms with Gasteiger partial charge in [-0.1, -0.05) is 20.8 Å². The van der Waals surface area contributed by atoms with Gasteiger partial charge >= 0.3 is 0 Å². The number of hydrogen-bond donors (Lipinski definition) is 1. The molecule has 1 heterocycles. The number of rotatable bonds is 6. The van der Waals surface area contributed by atoms with Crippen molar-refractivity contribution in [3.63, 3.8) is 0 Å². The molecule has 3 atom stereocenters. The van der Waals surface area contributed by atoms with E-state index in [0.29, 0.717) is 6.04 Å². The fourth-order valence-electron chi connectivity index (χ4n) is 2.80. The molecule has 0 amide bonds. The van der Waals surface area contributed by atoms with E-state index in [1.54, 1.807) is 0 Å². The van der Waals surface area contributed by atoms with Gasteiger partial charge in [0.05, 0.1) is 0 Å². The van der Waals surface area contributed by atoms with Crippen LogP contribution in [0.25, 0.3) is 0 Å². The van der Waals surface area contributed by atoms with Gasteiger partial charge in [0, 0.05) is 31.7 Å². The van der Waals surface area contributed by atoms with Crippen molar-refractivity contribution in [2.45, 2.75) is 39.3 Å². The van der Waals surface area contributed by atoms with E-state index in [2.05, 4.69) is 50.0 Å². The molecule has 1 aliphatic rings. The second-order valence-corrected chi connectivity index (χ2v) is 5.33. The first-order chi connectivity index (χ1) is 7.60. The average Bonchev–Trinajstić information content (AvgIpc) is 2.62. The van der Waals surface area contributed by atoms with E-state index >= 15 is 0 Å². The van der Waals surface area contributed by atoms with Crippen LogP contribution in [0.15, 0.2) is 0 Å². The van der Waals surface area contributed by atoms with Crippen LogP contribution in [0.1, 0.15) is 27.2 Å². The molecule has 0 spiro atoms. The van der Waals surface area contributed by atoms with Crippen LogP contribution < -0.4 is 5.32 Å². The molecule has 1 saturated heterocycles. The lowest BCUT2D eigenvalue weighted by Gasteiger charge is -2.28. The van der Waals surface area contributed by atoms with E-state index in [9.17, 15) is 0 Å². The van der Waals surface area contributed by atoms with E-state index in [1.807, 2.05) is 0 Å². The van der Waals surface area contributed by atoms with Gasteiger partial charge in [-0.05, 0) is 33.0 Å². The van der Waals surface area contributed by atoms with Gasteiger partial charge in [0.1, 0.15) is 0 Å². The summed E-state index contributed by atoms with van der Waals surface area (Å²) >= 11 is 0. The van der Waals surface area contributed by atoms with Crippen molar-refractivity contribution in [2.24, 2.45) is 5.92 Å². The normalized spacial score (nSPS) is 28.9. The highest BCUT2D eigenvalue weighted by molar-refractivity contribution is 4.90. The minimum atomic E-state index is 0.715. The molecule has 0 aromatic rings. The third-order valence-electron chi connectivity index (χ3n) is 3.88. The lowest BCUT2D eigenvalue weighted by atomic mass is 10.1. The van der Waals surface area contributed by atoms with Gasteiger partial charge in [-0.2, -0.15) is 0 Å². The standard InChI is InChI=1S/C13H29N3/c1-6-12(8-14-7-2)16-9-11(3)13(10-16)15(4)5/h11-14H,6-10H2,1-5H3. The fourth-order valence-corrected chi connectivity index (χ4v) is 2.80. The molecule has 3 nitrogen and oxygen atoms in total. The Hall–Kier alpha value is -0.120. The summed E-state index contributed by atoms with van der Waals surface area (Å²) in [7, 11) is 4.41. The first-order valence-corrected chi connectivity index (χ1v) is 6.71. The van der Waals surface area contributed by atoms with Crippen LogP contribution in [-0.4, -0.2) is 62.2 Å². The van der Waals surface area contributed by atoms with E-state index in [1.165, 1.54) is 19.5 Å². The van der Waals surface area contributed by atoms with Crippen LogP contribution in [0.5, 0.6) is 0 Å². The summed E-state index contributed by atoms with van der Waals surface area (Å²) in [6, 6.07) is 1.45. The molecular weight excluding hydrogens is 198 g/mol.